The third kappa shape index (κ3) is 1.76. The molecule has 1 aromatic heterocycles. The van der Waals surface area contributed by atoms with Gasteiger partial charge in [-0.2, -0.15) is 0 Å². The molecule has 3 heteroatoms. The van der Waals surface area contributed by atoms with E-state index in [2.05, 4.69) is 4.98 Å². The number of aryl methyl sites for hydroxylation is 1. The van der Waals surface area contributed by atoms with E-state index >= 15 is 0 Å². The zero-order valence-electron chi connectivity index (χ0n) is 8.01. The SMILES string of the molecule is Cn1ccnc1Cc1ccc(O)cc1. The topological polar surface area (TPSA) is 38.0 Å². The molecule has 0 aliphatic carbocycles. The van der Waals surface area contributed by atoms with E-state index in [1.807, 2.05) is 29.9 Å². The Balaban J connectivity index is 2.19. The Morgan fingerprint density at radius 3 is 2.57 bits per heavy atom. The first-order valence-corrected chi connectivity index (χ1v) is 4.50. The molecule has 0 aliphatic heterocycles. The number of rotatable bonds is 2. The summed E-state index contributed by atoms with van der Waals surface area (Å²) in [4.78, 5) is 4.23. The predicted molar refractivity (Wildman–Crippen MR) is 54.1 cm³/mol. The van der Waals surface area contributed by atoms with Crippen LogP contribution in [0, 0.1) is 0 Å². The summed E-state index contributed by atoms with van der Waals surface area (Å²) >= 11 is 0. The average molecular weight is 188 g/mol. The fourth-order valence-electron chi connectivity index (χ4n) is 1.36. The molecule has 0 unspecified atom stereocenters. The van der Waals surface area contributed by atoms with Crippen molar-refractivity contribution in [3.8, 4) is 5.75 Å². The summed E-state index contributed by atoms with van der Waals surface area (Å²) in [5.74, 6) is 1.32. The highest BCUT2D eigenvalue weighted by molar-refractivity contribution is 5.27. The van der Waals surface area contributed by atoms with Crippen LogP contribution in [0.15, 0.2) is 36.7 Å². The quantitative estimate of drug-likeness (QED) is 0.779. The second-order valence-electron chi connectivity index (χ2n) is 3.30. The molecule has 3 nitrogen and oxygen atoms in total. The van der Waals surface area contributed by atoms with E-state index in [0.717, 1.165) is 17.8 Å². The molecule has 0 aliphatic rings. The van der Waals surface area contributed by atoms with Gasteiger partial charge in [0.1, 0.15) is 11.6 Å². The Labute approximate surface area is 82.7 Å². The van der Waals surface area contributed by atoms with Gasteiger partial charge in [-0.15, -0.1) is 0 Å². The second-order valence-corrected chi connectivity index (χ2v) is 3.30. The standard InChI is InChI=1S/C11H12N2O/c1-13-7-6-12-11(13)8-9-2-4-10(14)5-3-9/h2-7,14H,8H2,1H3. The van der Waals surface area contributed by atoms with Crippen LogP contribution in [0.1, 0.15) is 11.4 Å². The van der Waals surface area contributed by atoms with Gasteiger partial charge in [0.25, 0.3) is 0 Å². The van der Waals surface area contributed by atoms with Crippen molar-refractivity contribution in [1.82, 2.24) is 9.55 Å². The summed E-state index contributed by atoms with van der Waals surface area (Å²) in [6, 6.07) is 7.20. The first-order valence-electron chi connectivity index (χ1n) is 4.50. The summed E-state index contributed by atoms with van der Waals surface area (Å²) in [7, 11) is 1.97. The van der Waals surface area contributed by atoms with Crippen molar-refractivity contribution < 1.29 is 5.11 Å². The number of hydrogen-bond donors (Lipinski definition) is 1. The molecule has 0 radical (unpaired) electrons. The number of aromatic hydroxyl groups is 1. The number of imidazole rings is 1. The zero-order chi connectivity index (χ0) is 9.97. The first-order chi connectivity index (χ1) is 6.75. The molecule has 0 atom stereocenters. The van der Waals surface area contributed by atoms with Gasteiger partial charge in [0.15, 0.2) is 0 Å². The molecule has 1 heterocycles. The van der Waals surface area contributed by atoms with Crippen molar-refractivity contribution >= 4 is 0 Å². The van der Waals surface area contributed by atoms with E-state index in [9.17, 15) is 0 Å². The van der Waals surface area contributed by atoms with Gasteiger partial charge in [0.05, 0.1) is 0 Å². The lowest BCUT2D eigenvalue weighted by atomic mass is 10.1. The number of nitrogens with zero attached hydrogens (tertiary/aromatic N) is 2. The summed E-state index contributed by atoms with van der Waals surface area (Å²) in [5.41, 5.74) is 1.15. The van der Waals surface area contributed by atoms with Crippen LogP contribution in [0.5, 0.6) is 5.75 Å². The van der Waals surface area contributed by atoms with Gasteiger partial charge in [-0.25, -0.2) is 4.98 Å². The lowest BCUT2D eigenvalue weighted by Gasteiger charge is -2.01. The van der Waals surface area contributed by atoms with Gasteiger partial charge in [0, 0.05) is 25.9 Å². The number of phenols is 1. The van der Waals surface area contributed by atoms with Crippen LogP contribution >= 0.6 is 0 Å². The third-order valence-corrected chi connectivity index (χ3v) is 2.22. The van der Waals surface area contributed by atoms with Crippen molar-refractivity contribution in [2.24, 2.45) is 7.05 Å². The van der Waals surface area contributed by atoms with E-state index in [4.69, 9.17) is 5.11 Å². The van der Waals surface area contributed by atoms with Crippen LogP contribution in [0.25, 0.3) is 0 Å². The minimum absolute atomic E-state index is 0.300. The normalized spacial score (nSPS) is 10.4. The summed E-state index contributed by atoms with van der Waals surface area (Å²) < 4.78 is 1.99. The lowest BCUT2D eigenvalue weighted by Crippen LogP contribution is -1.97. The monoisotopic (exact) mass is 188 g/mol. The van der Waals surface area contributed by atoms with Gasteiger partial charge in [0.2, 0.25) is 0 Å². The van der Waals surface area contributed by atoms with Gasteiger partial charge in [-0.3, -0.25) is 0 Å². The van der Waals surface area contributed by atoms with Gasteiger partial charge < -0.3 is 9.67 Å². The highest BCUT2D eigenvalue weighted by atomic mass is 16.3. The number of hydrogen-bond acceptors (Lipinski definition) is 2. The fourth-order valence-corrected chi connectivity index (χ4v) is 1.36. The molecular weight excluding hydrogens is 176 g/mol. The Hall–Kier alpha value is -1.77. The molecule has 2 rings (SSSR count). The Morgan fingerprint density at radius 1 is 1.29 bits per heavy atom. The van der Waals surface area contributed by atoms with E-state index in [1.54, 1.807) is 18.3 Å². The summed E-state index contributed by atoms with van der Waals surface area (Å²) in [6.07, 6.45) is 4.51. The summed E-state index contributed by atoms with van der Waals surface area (Å²) in [5, 5.41) is 9.12. The Morgan fingerprint density at radius 2 is 2.00 bits per heavy atom. The first kappa shape index (κ1) is 8.81. The number of phenolic OH excluding ortho intramolecular Hbond substituents is 1. The third-order valence-electron chi connectivity index (χ3n) is 2.22. The highest BCUT2D eigenvalue weighted by Gasteiger charge is 2.00. The van der Waals surface area contributed by atoms with Crippen LogP contribution < -0.4 is 0 Å². The van der Waals surface area contributed by atoms with E-state index in [0.29, 0.717) is 5.75 Å². The lowest BCUT2D eigenvalue weighted by molar-refractivity contribution is 0.475. The predicted octanol–water partition coefficient (Wildman–Crippen LogP) is 1.72. The average Bonchev–Trinajstić information content (AvgIpc) is 2.56. The van der Waals surface area contributed by atoms with Crippen molar-refractivity contribution in [3.05, 3.63) is 48.0 Å². The maximum Gasteiger partial charge on any atom is 0.115 e. The fraction of sp³-hybridized carbons (Fsp3) is 0.182. The van der Waals surface area contributed by atoms with Crippen molar-refractivity contribution in [2.45, 2.75) is 6.42 Å². The largest absolute Gasteiger partial charge is 0.508 e. The van der Waals surface area contributed by atoms with E-state index < -0.39 is 0 Å². The molecule has 14 heavy (non-hydrogen) atoms. The van der Waals surface area contributed by atoms with E-state index in [1.165, 1.54) is 0 Å². The molecule has 0 saturated carbocycles. The number of aromatic nitrogens is 2. The smallest absolute Gasteiger partial charge is 0.115 e. The molecule has 0 fully saturated rings. The highest BCUT2D eigenvalue weighted by Crippen LogP contribution is 2.12. The molecular formula is C11H12N2O. The van der Waals surface area contributed by atoms with Crippen LogP contribution in [0.2, 0.25) is 0 Å². The molecule has 1 N–H and O–H groups in total. The molecule has 0 saturated heterocycles. The maximum absolute atomic E-state index is 9.12. The van der Waals surface area contributed by atoms with Crippen LogP contribution in [-0.2, 0) is 13.5 Å². The molecule has 2 aromatic rings. The maximum atomic E-state index is 9.12. The van der Waals surface area contributed by atoms with Crippen molar-refractivity contribution in [2.75, 3.05) is 0 Å². The van der Waals surface area contributed by atoms with Crippen molar-refractivity contribution in [1.29, 1.82) is 0 Å². The van der Waals surface area contributed by atoms with Gasteiger partial charge in [-0.1, -0.05) is 12.1 Å². The molecule has 0 amide bonds. The number of benzene rings is 1. The minimum Gasteiger partial charge on any atom is -0.508 e. The molecule has 72 valence electrons. The van der Waals surface area contributed by atoms with Gasteiger partial charge >= 0.3 is 0 Å². The molecule has 0 spiro atoms. The van der Waals surface area contributed by atoms with Crippen LogP contribution in [0.4, 0.5) is 0 Å². The van der Waals surface area contributed by atoms with Crippen molar-refractivity contribution in [3.63, 3.8) is 0 Å². The van der Waals surface area contributed by atoms with Crippen LogP contribution in [0.3, 0.4) is 0 Å². The van der Waals surface area contributed by atoms with Gasteiger partial charge in [-0.05, 0) is 17.7 Å². The van der Waals surface area contributed by atoms with E-state index in [-0.39, 0.29) is 0 Å². The molecule has 0 bridgehead atoms. The second kappa shape index (κ2) is 3.54. The summed E-state index contributed by atoms with van der Waals surface area (Å²) in [6.45, 7) is 0. The Bertz CT molecular complexity index is 417. The van der Waals surface area contributed by atoms with Crippen LogP contribution in [-0.4, -0.2) is 14.7 Å². The molecule has 1 aromatic carbocycles. The minimum atomic E-state index is 0.300. The zero-order valence-corrected chi connectivity index (χ0v) is 8.01. The Kier molecular flexibility index (Phi) is 2.23.